The third-order valence-corrected chi connectivity index (χ3v) is 6.66. The van der Waals surface area contributed by atoms with Crippen molar-refractivity contribution in [3.63, 3.8) is 0 Å². The Bertz CT molecular complexity index is 837. The molecule has 0 saturated heterocycles. The average Bonchev–Trinajstić information content (AvgIpc) is 2.73. The fourth-order valence-corrected chi connectivity index (χ4v) is 5.17. The van der Waals surface area contributed by atoms with Crippen LogP contribution in [-0.2, 0) is 6.42 Å². The summed E-state index contributed by atoms with van der Waals surface area (Å²) in [6.07, 6.45) is 9.74. The lowest BCUT2D eigenvalue weighted by Crippen LogP contribution is -2.18. The molecule has 4 rings (SSSR count). The van der Waals surface area contributed by atoms with E-state index in [-0.39, 0.29) is 0 Å². The van der Waals surface area contributed by atoms with Gasteiger partial charge in [-0.05, 0) is 52.5 Å². The zero-order valence-corrected chi connectivity index (χ0v) is 16.6. The minimum absolute atomic E-state index is 0.596. The molecule has 1 aliphatic carbocycles. The van der Waals surface area contributed by atoms with Crippen LogP contribution in [0.3, 0.4) is 0 Å². The number of benzene rings is 3. The lowest BCUT2D eigenvalue weighted by atomic mass is 9.75. The predicted octanol–water partition coefficient (Wildman–Crippen LogP) is 7.77. The third-order valence-electron chi connectivity index (χ3n) is 6.66. The summed E-state index contributed by atoms with van der Waals surface area (Å²) in [5.41, 5.74) is 3.01. The zero-order valence-electron chi connectivity index (χ0n) is 16.6. The van der Waals surface area contributed by atoms with Gasteiger partial charge in [0.15, 0.2) is 0 Å². The van der Waals surface area contributed by atoms with Crippen LogP contribution in [0.25, 0.3) is 10.8 Å². The Hall–Kier alpha value is -2.08. The van der Waals surface area contributed by atoms with Crippen LogP contribution in [0.15, 0.2) is 72.8 Å². The molecule has 1 fully saturated rings. The first-order valence-electron chi connectivity index (χ1n) is 10.8. The van der Waals surface area contributed by atoms with E-state index in [4.69, 9.17) is 0 Å². The summed E-state index contributed by atoms with van der Waals surface area (Å²) >= 11 is 0. The van der Waals surface area contributed by atoms with Gasteiger partial charge in [0.05, 0.1) is 0 Å². The van der Waals surface area contributed by atoms with Gasteiger partial charge in [-0.15, -0.1) is 0 Å². The van der Waals surface area contributed by atoms with Gasteiger partial charge in [-0.1, -0.05) is 112 Å². The Morgan fingerprint density at radius 3 is 2.30 bits per heavy atom. The summed E-state index contributed by atoms with van der Waals surface area (Å²) in [6.45, 7) is 2.50. The van der Waals surface area contributed by atoms with Gasteiger partial charge in [0.1, 0.15) is 0 Å². The van der Waals surface area contributed by atoms with Crippen molar-refractivity contribution in [3.8, 4) is 0 Å². The van der Waals surface area contributed by atoms with Crippen molar-refractivity contribution in [1.29, 1.82) is 0 Å². The molecule has 2 atom stereocenters. The van der Waals surface area contributed by atoms with Crippen LogP contribution in [0.5, 0.6) is 0 Å². The van der Waals surface area contributed by atoms with Crippen molar-refractivity contribution >= 4 is 10.8 Å². The number of hydrogen-bond acceptors (Lipinski definition) is 0. The highest BCUT2D eigenvalue weighted by atomic mass is 14.3. The standard InChI is InChI=1S/C27H32/c1-21(19-22-11-4-2-5-12-22)27(24-13-6-3-7-14-24)20-25-17-10-16-23-15-8-9-18-26(23)25/h3,6-10,13-18,21-22,27H,2,4-5,11-12,19-20H2,1H3. The second kappa shape index (κ2) is 8.74. The topological polar surface area (TPSA) is 0 Å². The molecule has 27 heavy (non-hydrogen) atoms. The summed E-state index contributed by atoms with van der Waals surface area (Å²) in [6, 6.07) is 26.9. The van der Waals surface area contributed by atoms with E-state index in [9.17, 15) is 0 Å². The summed E-state index contributed by atoms with van der Waals surface area (Å²) in [4.78, 5) is 0. The maximum atomic E-state index is 2.50. The van der Waals surface area contributed by atoms with Gasteiger partial charge in [0, 0.05) is 0 Å². The molecule has 0 aromatic heterocycles. The molecule has 140 valence electrons. The van der Waals surface area contributed by atoms with E-state index in [2.05, 4.69) is 79.7 Å². The first-order valence-corrected chi connectivity index (χ1v) is 10.8. The smallest absolute Gasteiger partial charge is 0.00955 e. The highest BCUT2D eigenvalue weighted by Gasteiger charge is 2.24. The Morgan fingerprint density at radius 1 is 0.778 bits per heavy atom. The molecule has 3 aromatic carbocycles. The first kappa shape index (κ1) is 18.3. The fraction of sp³-hybridized carbons (Fsp3) is 0.407. The zero-order chi connectivity index (χ0) is 18.5. The van der Waals surface area contributed by atoms with Crippen molar-refractivity contribution < 1.29 is 0 Å². The number of fused-ring (bicyclic) bond motifs is 1. The van der Waals surface area contributed by atoms with Gasteiger partial charge in [-0.2, -0.15) is 0 Å². The van der Waals surface area contributed by atoms with Gasteiger partial charge < -0.3 is 0 Å². The van der Waals surface area contributed by atoms with Crippen LogP contribution >= 0.6 is 0 Å². The summed E-state index contributed by atoms with van der Waals surface area (Å²) < 4.78 is 0. The molecule has 0 aliphatic heterocycles. The molecule has 0 amide bonds. The largest absolute Gasteiger partial charge is 0.0622 e. The quantitative estimate of drug-likeness (QED) is 0.423. The Labute approximate surface area is 164 Å². The van der Waals surface area contributed by atoms with Crippen LogP contribution in [0.4, 0.5) is 0 Å². The van der Waals surface area contributed by atoms with Crippen molar-refractivity contribution in [2.24, 2.45) is 11.8 Å². The monoisotopic (exact) mass is 356 g/mol. The highest BCUT2D eigenvalue weighted by molar-refractivity contribution is 5.85. The molecular weight excluding hydrogens is 324 g/mol. The maximum Gasteiger partial charge on any atom is -0.00955 e. The van der Waals surface area contributed by atoms with E-state index in [1.807, 2.05) is 0 Å². The molecule has 0 nitrogen and oxygen atoms in total. The molecular formula is C27H32. The number of hydrogen-bond donors (Lipinski definition) is 0. The molecule has 1 aliphatic rings. The summed E-state index contributed by atoms with van der Waals surface area (Å²) in [7, 11) is 0. The maximum absolute atomic E-state index is 2.50. The summed E-state index contributed by atoms with van der Waals surface area (Å²) in [5, 5.41) is 2.78. The Kier molecular flexibility index (Phi) is 5.92. The Morgan fingerprint density at radius 2 is 1.48 bits per heavy atom. The van der Waals surface area contributed by atoms with Crippen molar-refractivity contribution in [2.75, 3.05) is 0 Å². The van der Waals surface area contributed by atoms with Crippen LogP contribution in [0, 0.1) is 11.8 Å². The molecule has 2 unspecified atom stereocenters. The van der Waals surface area contributed by atoms with E-state index in [1.165, 1.54) is 60.4 Å². The SMILES string of the molecule is CC(CC1CCCCC1)C(Cc1cccc2ccccc12)c1ccccc1. The van der Waals surface area contributed by atoms with E-state index in [0.717, 1.165) is 18.3 Å². The fourth-order valence-electron chi connectivity index (χ4n) is 5.17. The normalized spacial score (nSPS) is 17.7. The van der Waals surface area contributed by atoms with Gasteiger partial charge in [-0.25, -0.2) is 0 Å². The first-order chi connectivity index (χ1) is 13.3. The van der Waals surface area contributed by atoms with Gasteiger partial charge >= 0.3 is 0 Å². The lowest BCUT2D eigenvalue weighted by molar-refractivity contribution is 0.274. The van der Waals surface area contributed by atoms with E-state index < -0.39 is 0 Å². The molecule has 0 heteroatoms. The van der Waals surface area contributed by atoms with E-state index >= 15 is 0 Å². The van der Waals surface area contributed by atoms with E-state index in [1.54, 1.807) is 0 Å². The van der Waals surface area contributed by atoms with Crippen LogP contribution in [0.2, 0.25) is 0 Å². The van der Waals surface area contributed by atoms with Crippen LogP contribution in [0.1, 0.15) is 62.5 Å². The molecule has 0 N–H and O–H groups in total. The van der Waals surface area contributed by atoms with Crippen molar-refractivity contribution in [1.82, 2.24) is 0 Å². The molecule has 0 bridgehead atoms. The molecule has 0 heterocycles. The minimum atomic E-state index is 0.596. The summed E-state index contributed by atoms with van der Waals surface area (Å²) in [5.74, 6) is 2.25. The van der Waals surface area contributed by atoms with Crippen LogP contribution < -0.4 is 0 Å². The van der Waals surface area contributed by atoms with Crippen molar-refractivity contribution in [2.45, 2.75) is 57.8 Å². The van der Waals surface area contributed by atoms with E-state index in [0.29, 0.717) is 5.92 Å². The highest BCUT2D eigenvalue weighted by Crippen LogP contribution is 2.37. The third kappa shape index (κ3) is 4.43. The van der Waals surface area contributed by atoms with Crippen LogP contribution in [-0.4, -0.2) is 0 Å². The Balaban J connectivity index is 1.61. The molecule has 0 radical (unpaired) electrons. The number of rotatable bonds is 6. The molecule has 0 spiro atoms. The molecule has 3 aromatic rings. The van der Waals surface area contributed by atoms with Gasteiger partial charge in [0.2, 0.25) is 0 Å². The minimum Gasteiger partial charge on any atom is -0.0622 e. The lowest BCUT2D eigenvalue weighted by Gasteiger charge is -2.30. The van der Waals surface area contributed by atoms with Crippen molar-refractivity contribution in [3.05, 3.63) is 83.9 Å². The van der Waals surface area contributed by atoms with Gasteiger partial charge in [0.25, 0.3) is 0 Å². The predicted molar refractivity (Wildman–Crippen MR) is 117 cm³/mol. The van der Waals surface area contributed by atoms with Gasteiger partial charge in [-0.3, -0.25) is 0 Å². The average molecular weight is 357 g/mol. The second-order valence-corrected chi connectivity index (χ2v) is 8.58. The molecule has 1 saturated carbocycles. The second-order valence-electron chi connectivity index (χ2n) is 8.58.